The third kappa shape index (κ3) is 5.52. The Balaban J connectivity index is 1.47. The minimum Gasteiger partial charge on any atom is -0.507 e. The van der Waals surface area contributed by atoms with Gasteiger partial charge < -0.3 is 19.5 Å². The molecule has 39 heavy (non-hydrogen) atoms. The number of hydrogen-bond donors (Lipinski definition) is 1. The van der Waals surface area contributed by atoms with Gasteiger partial charge in [-0.2, -0.15) is 0 Å². The van der Waals surface area contributed by atoms with Crippen LogP contribution in [0.25, 0.3) is 5.76 Å². The summed E-state index contributed by atoms with van der Waals surface area (Å²) in [6.45, 7) is 2.60. The van der Waals surface area contributed by atoms with E-state index in [4.69, 9.17) is 9.47 Å². The Bertz CT molecular complexity index is 1510. The number of aliphatic hydroxyl groups is 1. The second kappa shape index (κ2) is 11.2. The Morgan fingerprint density at radius 1 is 0.923 bits per heavy atom. The average Bonchev–Trinajstić information content (AvgIpc) is 3.21. The van der Waals surface area contributed by atoms with Crippen molar-refractivity contribution in [2.24, 2.45) is 0 Å². The number of pyridine rings is 1. The number of hydrogen-bond acceptors (Lipinski definition) is 6. The monoisotopic (exact) mass is 520 g/mol. The van der Waals surface area contributed by atoms with E-state index in [0.717, 1.165) is 16.7 Å². The average molecular weight is 521 g/mol. The summed E-state index contributed by atoms with van der Waals surface area (Å²) >= 11 is 0. The largest absolute Gasteiger partial charge is 0.507 e. The van der Waals surface area contributed by atoms with Crippen LogP contribution in [0.15, 0.2) is 103 Å². The second-order valence-electron chi connectivity index (χ2n) is 9.36. The van der Waals surface area contributed by atoms with Gasteiger partial charge in [-0.25, -0.2) is 0 Å². The standard InChI is InChI=1S/C32H28N2O5/c1-21-5-3-6-22(17-21)20-39-27-14-10-25(11-15-27)30(35)28-29(24-8-12-26(38-2)13-9-24)34(32(37)31(28)36)19-23-7-4-16-33-18-23/h3-18,29,35H,19-20H2,1-2H3/b30-28-. The van der Waals surface area contributed by atoms with Gasteiger partial charge >= 0.3 is 0 Å². The summed E-state index contributed by atoms with van der Waals surface area (Å²) < 4.78 is 11.2. The highest BCUT2D eigenvalue weighted by molar-refractivity contribution is 6.46. The van der Waals surface area contributed by atoms with Gasteiger partial charge in [-0.15, -0.1) is 0 Å². The van der Waals surface area contributed by atoms with E-state index in [1.807, 2.05) is 31.2 Å². The van der Waals surface area contributed by atoms with Crippen LogP contribution in [0.5, 0.6) is 11.5 Å². The van der Waals surface area contributed by atoms with Crippen LogP contribution in [0.1, 0.15) is 33.9 Å². The predicted molar refractivity (Wildman–Crippen MR) is 147 cm³/mol. The van der Waals surface area contributed by atoms with Crippen LogP contribution in [0.2, 0.25) is 0 Å². The molecule has 1 aliphatic rings. The zero-order valence-electron chi connectivity index (χ0n) is 21.7. The number of benzene rings is 3. The topological polar surface area (TPSA) is 89.0 Å². The third-order valence-corrected chi connectivity index (χ3v) is 6.66. The first kappa shape index (κ1) is 25.7. The summed E-state index contributed by atoms with van der Waals surface area (Å²) in [6.07, 6.45) is 3.30. The van der Waals surface area contributed by atoms with Gasteiger partial charge in [0.25, 0.3) is 11.7 Å². The maximum atomic E-state index is 13.3. The number of ether oxygens (including phenoxy) is 2. The smallest absolute Gasteiger partial charge is 0.295 e. The lowest BCUT2D eigenvalue weighted by molar-refractivity contribution is -0.140. The Labute approximate surface area is 227 Å². The van der Waals surface area contributed by atoms with Crippen molar-refractivity contribution in [1.29, 1.82) is 0 Å². The lowest BCUT2D eigenvalue weighted by atomic mass is 9.95. The van der Waals surface area contributed by atoms with E-state index in [1.165, 1.54) is 4.90 Å². The van der Waals surface area contributed by atoms with Crippen molar-refractivity contribution >= 4 is 17.4 Å². The first-order chi connectivity index (χ1) is 18.9. The van der Waals surface area contributed by atoms with E-state index >= 15 is 0 Å². The van der Waals surface area contributed by atoms with Crippen molar-refractivity contribution in [3.63, 3.8) is 0 Å². The number of aryl methyl sites for hydroxylation is 1. The van der Waals surface area contributed by atoms with Crippen molar-refractivity contribution in [1.82, 2.24) is 9.88 Å². The molecule has 0 saturated carbocycles. The van der Waals surface area contributed by atoms with Gasteiger partial charge in [0.1, 0.15) is 23.9 Å². The van der Waals surface area contributed by atoms with Crippen LogP contribution in [0.3, 0.4) is 0 Å². The van der Waals surface area contributed by atoms with Gasteiger partial charge in [0.15, 0.2) is 0 Å². The number of methoxy groups -OCH3 is 1. The number of amides is 1. The zero-order chi connectivity index (χ0) is 27.4. The van der Waals surface area contributed by atoms with Crippen molar-refractivity contribution in [2.75, 3.05) is 7.11 Å². The van der Waals surface area contributed by atoms with Crippen molar-refractivity contribution in [3.8, 4) is 11.5 Å². The van der Waals surface area contributed by atoms with Crippen LogP contribution in [-0.2, 0) is 22.7 Å². The van der Waals surface area contributed by atoms with Crippen LogP contribution < -0.4 is 9.47 Å². The molecule has 0 aliphatic carbocycles. The van der Waals surface area contributed by atoms with E-state index < -0.39 is 17.7 Å². The van der Waals surface area contributed by atoms with Crippen LogP contribution in [-0.4, -0.2) is 33.8 Å². The second-order valence-corrected chi connectivity index (χ2v) is 9.36. The minimum absolute atomic E-state index is 0.0301. The Morgan fingerprint density at radius 2 is 1.64 bits per heavy atom. The first-order valence-electron chi connectivity index (χ1n) is 12.5. The quantitative estimate of drug-likeness (QED) is 0.185. The highest BCUT2D eigenvalue weighted by atomic mass is 16.5. The van der Waals surface area contributed by atoms with Gasteiger partial charge in [-0.05, 0) is 66.1 Å². The molecule has 4 aromatic rings. The summed E-state index contributed by atoms with van der Waals surface area (Å²) in [4.78, 5) is 32.1. The molecule has 1 amide bonds. The van der Waals surface area contributed by atoms with Gasteiger partial charge in [-0.3, -0.25) is 14.6 Å². The Hall–Kier alpha value is -4.91. The number of carbonyl (C=O) groups is 2. The summed E-state index contributed by atoms with van der Waals surface area (Å²) in [5.74, 6) is -0.398. The van der Waals surface area contributed by atoms with E-state index in [9.17, 15) is 14.7 Å². The third-order valence-electron chi connectivity index (χ3n) is 6.66. The number of likely N-dealkylation sites (tertiary alicyclic amines) is 1. The number of Topliss-reactive ketones (excluding diaryl/α,β-unsaturated/α-hetero) is 1. The molecule has 1 aromatic heterocycles. The van der Waals surface area contributed by atoms with Crippen molar-refractivity contribution in [2.45, 2.75) is 26.1 Å². The highest BCUT2D eigenvalue weighted by Crippen LogP contribution is 2.40. The van der Waals surface area contributed by atoms with E-state index in [1.54, 1.807) is 74.1 Å². The van der Waals surface area contributed by atoms with Crippen molar-refractivity contribution in [3.05, 3.63) is 131 Å². The lowest BCUT2D eigenvalue weighted by Gasteiger charge is -2.25. The molecule has 5 rings (SSSR count). The molecule has 0 radical (unpaired) electrons. The lowest BCUT2D eigenvalue weighted by Crippen LogP contribution is -2.29. The number of carbonyl (C=O) groups excluding carboxylic acids is 2. The molecule has 1 fully saturated rings. The molecule has 0 spiro atoms. The molecule has 0 bridgehead atoms. The van der Waals surface area contributed by atoms with Gasteiger partial charge in [0.2, 0.25) is 0 Å². The molecule has 7 nitrogen and oxygen atoms in total. The van der Waals surface area contributed by atoms with Gasteiger partial charge in [0.05, 0.1) is 18.7 Å². The number of ketones is 1. The molecular weight excluding hydrogens is 492 g/mol. The van der Waals surface area contributed by atoms with E-state index in [2.05, 4.69) is 11.1 Å². The SMILES string of the molecule is COc1ccc(C2/C(=C(/O)c3ccc(OCc4cccc(C)c4)cc3)C(=O)C(=O)N2Cc2cccnc2)cc1. The number of aliphatic hydroxyl groups excluding tert-OH is 1. The van der Waals surface area contributed by atoms with E-state index in [-0.39, 0.29) is 17.9 Å². The van der Waals surface area contributed by atoms with Gasteiger partial charge in [-0.1, -0.05) is 48.0 Å². The fraction of sp³-hybridized carbons (Fsp3) is 0.156. The summed E-state index contributed by atoms with van der Waals surface area (Å²) in [7, 11) is 1.57. The Kier molecular flexibility index (Phi) is 7.41. The number of aromatic nitrogens is 1. The van der Waals surface area contributed by atoms with Crippen LogP contribution in [0, 0.1) is 6.92 Å². The maximum Gasteiger partial charge on any atom is 0.295 e. The molecule has 1 N–H and O–H groups in total. The number of rotatable bonds is 8. The molecule has 2 heterocycles. The minimum atomic E-state index is -0.784. The van der Waals surface area contributed by atoms with Crippen LogP contribution >= 0.6 is 0 Å². The molecular formula is C32H28N2O5. The molecule has 1 unspecified atom stereocenters. The highest BCUT2D eigenvalue weighted by Gasteiger charge is 2.46. The molecule has 7 heteroatoms. The van der Waals surface area contributed by atoms with Gasteiger partial charge in [0, 0.05) is 24.5 Å². The van der Waals surface area contributed by atoms with E-state index in [0.29, 0.717) is 29.2 Å². The number of nitrogens with zero attached hydrogens (tertiary/aromatic N) is 2. The fourth-order valence-electron chi connectivity index (χ4n) is 4.70. The summed E-state index contributed by atoms with van der Waals surface area (Å²) in [5, 5.41) is 11.4. The molecule has 1 atom stereocenters. The fourth-order valence-corrected chi connectivity index (χ4v) is 4.70. The Morgan fingerprint density at radius 3 is 2.31 bits per heavy atom. The maximum absolute atomic E-state index is 13.3. The van der Waals surface area contributed by atoms with Crippen LogP contribution in [0.4, 0.5) is 0 Å². The molecule has 3 aromatic carbocycles. The summed E-state index contributed by atoms with van der Waals surface area (Å²) in [5.41, 5.74) is 4.10. The molecule has 1 aliphatic heterocycles. The first-order valence-corrected chi connectivity index (χ1v) is 12.5. The molecule has 196 valence electrons. The zero-order valence-corrected chi connectivity index (χ0v) is 21.7. The molecule has 1 saturated heterocycles. The summed E-state index contributed by atoms with van der Waals surface area (Å²) in [6, 6.07) is 24.8. The normalized spacial score (nSPS) is 16.4. The predicted octanol–water partition coefficient (Wildman–Crippen LogP) is 5.60. The van der Waals surface area contributed by atoms with Crippen molar-refractivity contribution < 1.29 is 24.2 Å².